The first-order valence-corrected chi connectivity index (χ1v) is 7.30. The minimum atomic E-state index is 0.476. The first-order valence-electron chi connectivity index (χ1n) is 7.30. The normalized spacial score (nSPS) is 23.8. The standard InChI is InChI=1S/C14H30N2O/c1-4-8-15-10-13(3)11-16-9-6-7-14(12-16)17-5-2/h13-15H,4-12H2,1-3H3. The van der Waals surface area contributed by atoms with Gasteiger partial charge in [0.15, 0.2) is 0 Å². The van der Waals surface area contributed by atoms with Crippen LogP contribution >= 0.6 is 0 Å². The SMILES string of the molecule is CCCNCC(C)CN1CCCC(OCC)C1. The minimum absolute atomic E-state index is 0.476. The van der Waals surface area contributed by atoms with Crippen LogP contribution in [0.2, 0.25) is 0 Å². The predicted octanol–water partition coefficient (Wildman–Crippen LogP) is 2.12. The third-order valence-electron chi connectivity index (χ3n) is 3.35. The van der Waals surface area contributed by atoms with Crippen molar-refractivity contribution in [2.24, 2.45) is 5.92 Å². The van der Waals surface area contributed by atoms with Crippen LogP contribution in [-0.2, 0) is 4.74 Å². The van der Waals surface area contributed by atoms with Gasteiger partial charge in [-0.15, -0.1) is 0 Å². The van der Waals surface area contributed by atoms with Gasteiger partial charge < -0.3 is 15.0 Å². The van der Waals surface area contributed by atoms with E-state index in [1.807, 2.05) is 0 Å². The molecule has 1 N–H and O–H groups in total. The number of ether oxygens (including phenoxy) is 1. The van der Waals surface area contributed by atoms with E-state index in [4.69, 9.17) is 4.74 Å². The molecule has 0 radical (unpaired) electrons. The number of hydrogen-bond donors (Lipinski definition) is 1. The van der Waals surface area contributed by atoms with Gasteiger partial charge >= 0.3 is 0 Å². The smallest absolute Gasteiger partial charge is 0.0702 e. The third-order valence-corrected chi connectivity index (χ3v) is 3.35. The lowest BCUT2D eigenvalue weighted by Gasteiger charge is -2.34. The predicted molar refractivity (Wildman–Crippen MR) is 73.4 cm³/mol. The molecule has 0 bridgehead atoms. The zero-order valence-corrected chi connectivity index (χ0v) is 11.9. The Labute approximate surface area is 107 Å². The van der Waals surface area contributed by atoms with Crippen LogP contribution in [0.5, 0.6) is 0 Å². The highest BCUT2D eigenvalue weighted by molar-refractivity contribution is 4.75. The summed E-state index contributed by atoms with van der Waals surface area (Å²) in [4.78, 5) is 2.57. The lowest BCUT2D eigenvalue weighted by molar-refractivity contribution is 0.00252. The summed E-state index contributed by atoms with van der Waals surface area (Å²) >= 11 is 0. The molecule has 1 heterocycles. The van der Waals surface area contributed by atoms with Crippen molar-refractivity contribution in [3.05, 3.63) is 0 Å². The molecular formula is C14H30N2O. The zero-order valence-electron chi connectivity index (χ0n) is 11.9. The molecule has 0 spiro atoms. The Bertz CT molecular complexity index is 185. The average molecular weight is 242 g/mol. The van der Waals surface area contributed by atoms with Gasteiger partial charge in [-0.05, 0) is 51.7 Å². The van der Waals surface area contributed by atoms with Gasteiger partial charge in [-0.2, -0.15) is 0 Å². The summed E-state index contributed by atoms with van der Waals surface area (Å²) in [5.74, 6) is 0.738. The van der Waals surface area contributed by atoms with E-state index in [1.54, 1.807) is 0 Å². The van der Waals surface area contributed by atoms with Crippen molar-refractivity contribution < 1.29 is 4.74 Å². The Morgan fingerprint density at radius 1 is 1.41 bits per heavy atom. The molecule has 1 aliphatic heterocycles. The Morgan fingerprint density at radius 2 is 2.24 bits per heavy atom. The van der Waals surface area contributed by atoms with E-state index in [9.17, 15) is 0 Å². The maximum absolute atomic E-state index is 5.74. The molecule has 0 aliphatic carbocycles. The molecule has 17 heavy (non-hydrogen) atoms. The molecule has 0 amide bonds. The Balaban J connectivity index is 2.16. The van der Waals surface area contributed by atoms with Crippen molar-refractivity contribution in [2.45, 2.75) is 46.1 Å². The molecule has 1 saturated heterocycles. The second-order valence-electron chi connectivity index (χ2n) is 5.29. The van der Waals surface area contributed by atoms with Gasteiger partial charge in [0.05, 0.1) is 6.10 Å². The molecule has 0 aromatic rings. The molecule has 3 nitrogen and oxygen atoms in total. The fourth-order valence-electron chi connectivity index (χ4n) is 2.58. The van der Waals surface area contributed by atoms with Crippen LogP contribution in [-0.4, -0.2) is 50.3 Å². The van der Waals surface area contributed by atoms with Crippen LogP contribution in [0.4, 0.5) is 0 Å². The molecule has 0 aromatic heterocycles. The fraction of sp³-hybridized carbons (Fsp3) is 1.00. The van der Waals surface area contributed by atoms with Gasteiger partial charge in [0, 0.05) is 19.7 Å². The maximum Gasteiger partial charge on any atom is 0.0702 e. The molecule has 0 saturated carbocycles. The number of rotatable bonds is 8. The lowest BCUT2D eigenvalue weighted by atomic mass is 10.1. The summed E-state index contributed by atoms with van der Waals surface area (Å²) in [6, 6.07) is 0. The van der Waals surface area contributed by atoms with Crippen molar-refractivity contribution in [3.63, 3.8) is 0 Å². The highest BCUT2D eigenvalue weighted by atomic mass is 16.5. The van der Waals surface area contributed by atoms with Crippen LogP contribution < -0.4 is 5.32 Å². The van der Waals surface area contributed by atoms with E-state index >= 15 is 0 Å². The van der Waals surface area contributed by atoms with Gasteiger partial charge in [-0.3, -0.25) is 0 Å². The minimum Gasteiger partial charge on any atom is -0.377 e. The summed E-state index contributed by atoms with van der Waals surface area (Å²) in [6.07, 6.45) is 4.24. The Morgan fingerprint density at radius 3 is 2.94 bits per heavy atom. The molecule has 3 heteroatoms. The van der Waals surface area contributed by atoms with Gasteiger partial charge in [-0.1, -0.05) is 13.8 Å². The van der Waals surface area contributed by atoms with E-state index in [2.05, 4.69) is 31.0 Å². The van der Waals surface area contributed by atoms with Gasteiger partial charge in [0.2, 0.25) is 0 Å². The Kier molecular flexibility index (Phi) is 7.82. The lowest BCUT2D eigenvalue weighted by Crippen LogP contribution is -2.43. The van der Waals surface area contributed by atoms with E-state index in [-0.39, 0.29) is 0 Å². The van der Waals surface area contributed by atoms with Crippen LogP contribution in [0.15, 0.2) is 0 Å². The monoisotopic (exact) mass is 242 g/mol. The molecule has 102 valence electrons. The summed E-state index contributed by atoms with van der Waals surface area (Å²) in [6.45, 7) is 13.4. The first kappa shape index (κ1) is 14.9. The molecule has 2 unspecified atom stereocenters. The van der Waals surface area contributed by atoms with Crippen molar-refractivity contribution in [2.75, 3.05) is 39.3 Å². The highest BCUT2D eigenvalue weighted by Gasteiger charge is 2.20. The summed E-state index contributed by atoms with van der Waals surface area (Å²) in [5.41, 5.74) is 0. The number of piperidine rings is 1. The molecule has 1 fully saturated rings. The maximum atomic E-state index is 5.74. The number of likely N-dealkylation sites (tertiary alicyclic amines) is 1. The quantitative estimate of drug-likeness (QED) is 0.660. The highest BCUT2D eigenvalue weighted by Crippen LogP contribution is 2.14. The zero-order chi connectivity index (χ0) is 12.5. The summed E-state index contributed by atoms with van der Waals surface area (Å²) in [7, 11) is 0. The van der Waals surface area contributed by atoms with Crippen molar-refractivity contribution in [1.82, 2.24) is 10.2 Å². The van der Waals surface area contributed by atoms with E-state index < -0.39 is 0 Å². The summed E-state index contributed by atoms with van der Waals surface area (Å²) in [5, 5.41) is 3.50. The van der Waals surface area contributed by atoms with Gasteiger partial charge in [0.25, 0.3) is 0 Å². The van der Waals surface area contributed by atoms with Gasteiger partial charge in [-0.25, -0.2) is 0 Å². The molecule has 0 aromatic carbocycles. The molecular weight excluding hydrogens is 212 g/mol. The second-order valence-corrected chi connectivity index (χ2v) is 5.29. The molecule has 1 rings (SSSR count). The summed E-state index contributed by atoms with van der Waals surface area (Å²) < 4.78 is 5.74. The largest absolute Gasteiger partial charge is 0.377 e. The van der Waals surface area contributed by atoms with Crippen LogP contribution in [0, 0.1) is 5.92 Å². The van der Waals surface area contributed by atoms with Crippen LogP contribution in [0.1, 0.15) is 40.0 Å². The van der Waals surface area contributed by atoms with Crippen molar-refractivity contribution in [3.8, 4) is 0 Å². The first-order chi connectivity index (χ1) is 8.26. The number of nitrogens with one attached hydrogen (secondary N) is 1. The number of hydrogen-bond acceptors (Lipinski definition) is 3. The topological polar surface area (TPSA) is 24.5 Å². The molecule has 1 aliphatic rings. The Hall–Kier alpha value is -0.120. The van der Waals surface area contributed by atoms with Crippen LogP contribution in [0.25, 0.3) is 0 Å². The van der Waals surface area contributed by atoms with Crippen molar-refractivity contribution >= 4 is 0 Å². The van der Waals surface area contributed by atoms with E-state index in [0.29, 0.717) is 6.10 Å². The second kappa shape index (κ2) is 8.90. The van der Waals surface area contributed by atoms with Gasteiger partial charge in [0.1, 0.15) is 0 Å². The number of nitrogens with zero attached hydrogens (tertiary/aromatic N) is 1. The molecule has 2 atom stereocenters. The van der Waals surface area contributed by atoms with Crippen molar-refractivity contribution in [1.29, 1.82) is 0 Å². The third kappa shape index (κ3) is 6.39. The average Bonchev–Trinajstić information content (AvgIpc) is 2.30. The van der Waals surface area contributed by atoms with E-state index in [1.165, 1.54) is 32.4 Å². The van der Waals surface area contributed by atoms with E-state index in [0.717, 1.165) is 32.2 Å². The fourth-order valence-corrected chi connectivity index (χ4v) is 2.58. The van der Waals surface area contributed by atoms with Crippen LogP contribution in [0.3, 0.4) is 0 Å².